The molecule has 2 fully saturated rings. The summed E-state index contributed by atoms with van der Waals surface area (Å²) in [5.41, 5.74) is 6.36. The van der Waals surface area contributed by atoms with Crippen molar-refractivity contribution in [2.75, 3.05) is 13.1 Å². The van der Waals surface area contributed by atoms with Gasteiger partial charge in [0, 0.05) is 13.0 Å². The van der Waals surface area contributed by atoms with Crippen molar-refractivity contribution in [3.63, 3.8) is 0 Å². The van der Waals surface area contributed by atoms with Crippen molar-refractivity contribution in [1.29, 1.82) is 0 Å². The molecule has 6 amide bonds. The number of primary amides is 1. The van der Waals surface area contributed by atoms with Crippen LogP contribution in [-0.4, -0.2) is 83.4 Å². The summed E-state index contributed by atoms with van der Waals surface area (Å²) in [5.74, 6) is -9.04. The number of hydrogen-bond acceptors (Lipinski definition) is 8. The van der Waals surface area contributed by atoms with Gasteiger partial charge in [0.05, 0.1) is 35.9 Å². The average molecular weight is 851 g/mol. The van der Waals surface area contributed by atoms with Crippen molar-refractivity contribution < 1.29 is 47.1 Å². The highest BCUT2D eigenvalue weighted by Gasteiger charge is 2.45. The zero-order valence-corrected chi connectivity index (χ0v) is 33.9. The van der Waals surface area contributed by atoms with Crippen LogP contribution in [0.5, 0.6) is 0 Å². The van der Waals surface area contributed by atoms with Crippen molar-refractivity contribution >= 4 is 52.8 Å². The van der Waals surface area contributed by atoms with Gasteiger partial charge in [0.25, 0.3) is 11.8 Å². The molecule has 1 aliphatic heterocycles. The highest BCUT2D eigenvalue weighted by Crippen LogP contribution is 2.31. The second-order valence-electron chi connectivity index (χ2n) is 15.0. The highest BCUT2D eigenvalue weighted by atomic mass is 35.5. The van der Waals surface area contributed by atoms with E-state index in [-0.39, 0.29) is 42.5 Å². The van der Waals surface area contributed by atoms with Crippen LogP contribution >= 0.6 is 11.6 Å². The average Bonchev–Trinajstić information content (AvgIpc) is 3.69. The molecule has 0 radical (unpaired) electrons. The molecule has 6 N–H and O–H groups in total. The van der Waals surface area contributed by atoms with Crippen LogP contribution < -0.4 is 27.0 Å². The Hall–Kier alpha value is -5.74. The third-order valence-electron chi connectivity index (χ3n) is 10.7. The molecule has 1 aliphatic carbocycles. The summed E-state index contributed by atoms with van der Waals surface area (Å²) in [4.78, 5) is 95.1. The van der Waals surface area contributed by atoms with E-state index in [2.05, 4.69) is 21.3 Å². The monoisotopic (exact) mass is 850 g/mol. The summed E-state index contributed by atoms with van der Waals surface area (Å²) in [6, 6.07) is 13.8. The van der Waals surface area contributed by atoms with E-state index in [0.29, 0.717) is 37.0 Å². The van der Waals surface area contributed by atoms with Gasteiger partial charge in [-0.2, -0.15) is 0 Å². The van der Waals surface area contributed by atoms with Gasteiger partial charge < -0.3 is 36.6 Å². The third-order valence-corrected chi connectivity index (χ3v) is 11.0. The molecule has 14 nitrogen and oxygen atoms in total. The predicted octanol–water partition coefficient (Wildman–Crippen LogP) is 3.80. The number of nitrogens with two attached hydrogens (primary N) is 1. The molecule has 3 aromatic carbocycles. The number of likely N-dealkylation sites (tertiary alicyclic amines) is 1. The topological polar surface area (TPSA) is 206 Å². The quantitative estimate of drug-likeness (QED) is 0.0939. The van der Waals surface area contributed by atoms with E-state index in [1.807, 2.05) is 30.3 Å². The minimum atomic E-state index is -1.35. The number of halogens is 3. The Morgan fingerprint density at radius 1 is 0.883 bits per heavy atom. The van der Waals surface area contributed by atoms with Crippen molar-refractivity contribution in [3.05, 3.63) is 106 Å². The Balaban J connectivity index is 1.33. The molecule has 0 aromatic heterocycles. The number of carbonyl (C=O) groups is 7. The highest BCUT2D eigenvalue weighted by molar-refractivity contribution is 6.38. The first-order valence-electron chi connectivity index (χ1n) is 19.9. The maximum Gasteiger partial charge on any atom is 0.290 e. The number of ether oxygens (including phenoxy) is 1. The van der Waals surface area contributed by atoms with E-state index in [1.165, 1.54) is 4.90 Å². The molecule has 17 heteroatoms. The molecule has 60 heavy (non-hydrogen) atoms. The second-order valence-corrected chi connectivity index (χ2v) is 15.4. The number of carbonyl (C=O) groups excluding carboxylic acids is 7. The van der Waals surface area contributed by atoms with E-state index < -0.39 is 89.7 Å². The number of nitrogens with one attached hydrogen (secondary N) is 4. The Bertz CT molecular complexity index is 2040. The third kappa shape index (κ3) is 11.9. The van der Waals surface area contributed by atoms with Gasteiger partial charge in [-0.1, -0.05) is 105 Å². The van der Waals surface area contributed by atoms with Crippen LogP contribution in [0.1, 0.15) is 85.8 Å². The molecular formula is C43H49ClF2N6O8. The number of ketones is 1. The summed E-state index contributed by atoms with van der Waals surface area (Å²) < 4.78 is 34.3. The fraction of sp³-hybridized carbons (Fsp3) is 0.419. The maximum absolute atomic E-state index is 14.7. The zero-order chi connectivity index (χ0) is 43.3. The summed E-state index contributed by atoms with van der Waals surface area (Å²) >= 11 is 6.13. The first kappa shape index (κ1) is 45.3. The minimum Gasteiger partial charge on any atom is -0.372 e. The van der Waals surface area contributed by atoms with E-state index in [9.17, 15) is 42.3 Å². The van der Waals surface area contributed by atoms with Gasteiger partial charge in [0.15, 0.2) is 11.6 Å². The number of hydrogen-bond donors (Lipinski definition) is 5. The van der Waals surface area contributed by atoms with Crippen LogP contribution in [0.4, 0.5) is 8.78 Å². The van der Waals surface area contributed by atoms with Gasteiger partial charge in [-0.25, -0.2) is 8.78 Å². The maximum atomic E-state index is 14.7. The molecule has 1 heterocycles. The molecule has 3 aromatic rings. The van der Waals surface area contributed by atoms with Gasteiger partial charge in [-0.3, -0.25) is 33.6 Å². The predicted molar refractivity (Wildman–Crippen MR) is 216 cm³/mol. The number of benzene rings is 3. The molecular weight excluding hydrogens is 802 g/mol. The second kappa shape index (κ2) is 21.5. The number of Topliss-reactive ketones (excluding diaryl/α,β-unsaturated/α-hetero) is 1. The van der Waals surface area contributed by atoms with Gasteiger partial charge in [0.2, 0.25) is 29.4 Å². The van der Waals surface area contributed by atoms with E-state index >= 15 is 0 Å². The summed E-state index contributed by atoms with van der Waals surface area (Å²) in [5, 5.41) is 9.65. The lowest BCUT2D eigenvalue weighted by atomic mass is 9.83. The molecule has 320 valence electrons. The molecule has 1 saturated carbocycles. The Labute approximate surface area is 351 Å². The summed E-state index contributed by atoms with van der Waals surface area (Å²) in [7, 11) is 0. The van der Waals surface area contributed by atoms with Gasteiger partial charge in [-0.05, 0) is 48.4 Å². The molecule has 0 bridgehead atoms. The number of nitrogens with zero attached hydrogens (tertiary/aromatic N) is 1. The molecule has 2 aliphatic rings. The van der Waals surface area contributed by atoms with Crippen LogP contribution in [0.25, 0.3) is 0 Å². The Morgan fingerprint density at radius 3 is 2.18 bits per heavy atom. The first-order chi connectivity index (χ1) is 28.8. The molecule has 1 saturated heterocycles. The summed E-state index contributed by atoms with van der Waals surface area (Å²) in [6.45, 7) is 1.16. The van der Waals surface area contributed by atoms with E-state index in [1.54, 1.807) is 37.3 Å². The standard InChI is InChI=1S/C43H49ClF2N6O8/c1-2-12-33(38(54)42(58)48-22-35(53)50-36(39(47)55)26-15-8-4-9-16-26)49-41(57)34-19-28(60-24-25-13-6-3-7-14-25)23-52(34)43(59)37(27-17-10-5-11-18-27)51-40(56)29-20-31(45)32(46)21-30(29)44/h3-4,6-9,13-16,20-21,27-28,33-34,36-37H,2,5,10-12,17-19,22-24H2,1H3,(H2,47,55)(H,48,58)(H,49,57)(H,50,53)(H,51,56)/t28-,33?,34+,36?,37?/m1/s1. The first-order valence-corrected chi connectivity index (χ1v) is 20.3. The van der Waals surface area contributed by atoms with Crippen LogP contribution in [0.2, 0.25) is 5.02 Å². The smallest absolute Gasteiger partial charge is 0.290 e. The number of rotatable bonds is 18. The van der Waals surface area contributed by atoms with Crippen molar-refractivity contribution in [2.24, 2.45) is 11.7 Å². The Kier molecular flexibility index (Phi) is 16.2. The van der Waals surface area contributed by atoms with Gasteiger partial charge in [0.1, 0.15) is 18.1 Å². The van der Waals surface area contributed by atoms with Crippen molar-refractivity contribution in [2.45, 2.75) is 95.2 Å². The normalized spacial score (nSPS) is 18.1. The van der Waals surface area contributed by atoms with E-state index in [0.717, 1.165) is 24.8 Å². The lowest BCUT2D eigenvalue weighted by Crippen LogP contribution is -2.58. The Morgan fingerprint density at radius 2 is 1.53 bits per heavy atom. The molecule has 5 atom stereocenters. The largest absolute Gasteiger partial charge is 0.372 e. The lowest BCUT2D eigenvalue weighted by molar-refractivity contribution is -0.143. The zero-order valence-electron chi connectivity index (χ0n) is 33.1. The van der Waals surface area contributed by atoms with Crippen molar-refractivity contribution in [1.82, 2.24) is 26.2 Å². The van der Waals surface area contributed by atoms with E-state index in [4.69, 9.17) is 22.1 Å². The van der Waals surface area contributed by atoms with Crippen LogP contribution in [0, 0.1) is 17.6 Å². The summed E-state index contributed by atoms with van der Waals surface area (Å²) in [6.07, 6.45) is 3.33. The lowest BCUT2D eigenvalue weighted by Gasteiger charge is -2.35. The SMILES string of the molecule is CCCC(NC(=O)[C@@H]1C[C@@H](OCc2ccccc2)CN1C(=O)C(NC(=O)c1cc(F)c(F)cc1Cl)C1CCCCC1)C(=O)C(=O)NCC(=O)NC(C(N)=O)c1ccccc1. The minimum absolute atomic E-state index is 0.00654. The van der Waals surface area contributed by atoms with Gasteiger partial charge >= 0.3 is 0 Å². The van der Waals surface area contributed by atoms with Crippen LogP contribution in [0.3, 0.4) is 0 Å². The number of amides is 6. The molecule has 0 spiro atoms. The van der Waals surface area contributed by atoms with Crippen LogP contribution in [-0.2, 0) is 40.1 Å². The van der Waals surface area contributed by atoms with Crippen molar-refractivity contribution in [3.8, 4) is 0 Å². The fourth-order valence-electron chi connectivity index (χ4n) is 7.55. The molecule has 3 unspecified atom stereocenters. The fourth-order valence-corrected chi connectivity index (χ4v) is 7.79. The van der Waals surface area contributed by atoms with Gasteiger partial charge in [-0.15, -0.1) is 0 Å². The van der Waals surface area contributed by atoms with Crippen LogP contribution in [0.15, 0.2) is 72.8 Å². The molecule has 5 rings (SSSR count).